The molecule has 1 aliphatic rings. The molecule has 2 heterocycles. The van der Waals surface area contributed by atoms with Crippen molar-refractivity contribution in [2.45, 2.75) is 24.4 Å². The molecule has 0 atom stereocenters. The molecule has 104 valence electrons. The Morgan fingerprint density at radius 2 is 2.16 bits per heavy atom. The Kier molecular flexibility index (Phi) is 5.27. The molecule has 0 aliphatic carbocycles. The molecule has 0 unspecified atom stereocenters. The maximum Gasteiger partial charge on any atom is 0.241 e. The van der Waals surface area contributed by atoms with Crippen LogP contribution in [-0.4, -0.2) is 46.7 Å². The monoisotopic (exact) mass is 300 g/mol. The zero-order valence-corrected chi connectivity index (χ0v) is 12.4. The fourth-order valence-corrected chi connectivity index (χ4v) is 2.61. The summed E-state index contributed by atoms with van der Waals surface area (Å²) < 4.78 is 0. The molecule has 0 saturated carbocycles. The number of rotatable bonds is 4. The third-order valence-corrected chi connectivity index (χ3v) is 3.73. The minimum absolute atomic E-state index is 0.111. The minimum atomic E-state index is 0.111. The van der Waals surface area contributed by atoms with Gasteiger partial charge in [0.2, 0.25) is 5.91 Å². The van der Waals surface area contributed by atoms with Crippen LogP contribution in [0.4, 0.5) is 5.82 Å². The molecule has 1 amide bonds. The van der Waals surface area contributed by atoms with Crippen molar-refractivity contribution in [3.8, 4) is 0 Å². The van der Waals surface area contributed by atoms with Gasteiger partial charge in [-0.15, -0.1) is 0 Å². The molecule has 2 rings (SSSR count). The molecule has 0 aromatic carbocycles. The van der Waals surface area contributed by atoms with Crippen LogP contribution in [0, 0.1) is 0 Å². The highest BCUT2D eigenvalue weighted by Gasteiger charge is 2.16. The average molecular weight is 301 g/mol. The van der Waals surface area contributed by atoms with E-state index < -0.39 is 0 Å². The first-order valence-corrected chi connectivity index (χ1v) is 7.89. The van der Waals surface area contributed by atoms with E-state index >= 15 is 0 Å². The van der Waals surface area contributed by atoms with Crippen LogP contribution in [0.5, 0.6) is 0 Å². The SMILES string of the molecule is CSc1nc(Cl)cc(NCC(=O)N2CCCCC2)n1. The predicted molar refractivity (Wildman–Crippen MR) is 77.7 cm³/mol. The summed E-state index contributed by atoms with van der Waals surface area (Å²) in [7, 11) is 0. The van der Waals surface area contributed by atoms with E-state index in [1.807, 2.05) is 11.2 Å². The summed E-state index contributed by atoms with van der Waals surface area (Å²) in [6.07, 6.45) is 5.30. The molecule has 19 heavy (non-hydrogen) atoms. The summed E-state index contributed by atoms with van der Waals surface area (Å²) in [6.45, 7) is 1.98. The van der Waals surface area contributed by atoms with Crippen LogP contribution < -0.4 is 5.32 Å². The summed E-state index contributed by atoms with van der Waals surface area (Å²) in [6, 6.07) is 1.63. The van der Waals surface area contributed by atoms with Crippen LogP contribution in [0.25, 0.3) is 0 Å². The number of carbonyl (C=O) groups is 1. The lowest BCUT2D eigenvalue weighted by Gasteiger charge is -2.26. The van der Waals surface area contributed by atoms with Gasteiger partial charge in [-0.3, -0.25) is 4.79 Å². The molecule has 1 aromatic heterocycles. The van der Waals surface area contributed by atoms with Gasteiger partial charge in [0.1, 0.15) is 11.0 Å². The van der Waals surface area contributed by atoms with Crippen LogP contribution in [0.15, 0.2) is 11.2 Å². The number of hydrogen-bond donors (Lipinski definition) is 1. The molecule has 1 fully saturated rings. The van der Waals surface area contributed by atoms with Crippen molar-refractivity contribution >= 4 is 35.1 Å². The Morgan fingerprint density at radius 3 is 2.84 bits per heavy atom. The first-order chi connectivity index (χ1) is 9.19. The molecule has 5 nitrogen and oxygen atoms in total. The Hall–Kier alpha value is -1.01. The van der Waals surface area contributed by atoms with E-state index in [1.165, 1.54) is 18.2 Å². The zero-order chi connectivity index (χ0) is 13.7. The first-order valence-electron chi connectivity index (χ1n) is 6.29. The number of halogens is 1. The zero-order valence-electron chi connectivity index (χ0n) is 10.9. The lowest BCUT2D eigenvalue weighted by Crippen LogP contribution is -2.39. The van der Waals surface area contributed by atoms with Gasteiger partial charge < -0.3 is 10.2 Å². The van der Waals surface area contributed by atoms with E-state index in [-0.39, 0.29) is 12.5 Å². The van der Waals surface area contributed by atoms with Crippen LogP contribution in [0.1, 0.15) is 19.3 Å². The number of carbonyl (C=O) groups excluding carboxylic acids is 1. The molecule has 1 aliphatic heterocycles. The molecular formula is C12H17ClN4OS. The second-order valence-electron chi connectivity index (χ2n) is 4.36. The summed E-state index contributed by atoms with van der Waals surface area (Å²) in [4.78, 5) is 22.2. The van der Waals surface area contributed by atoms with Crippen molar-refractivity contribution in [3.63, 3.8) is 0 Å². The van der Waals surface area contributed by atoms with E-state index in [0.29, 0.717) is 16.1 Å². The summed E-state index contributed by atoms with van der Waals surface area (Å²) >= 11 is 7.31. The number of nitrogens with one attached hydrogen (secondary N) is 1. The molecular weight excluding hydrogens is 284 g/mol. The van der Waals surface area contributed by atoms with E-state index in [0.717, 1.165) is 25.9 Å². The highest BCUT2D eigenvalue weighted by atomic mass is 35.5. The second kappa shape index (κ2) is 6.96. The predicted octanol–water partition coefficient (Wildman–Crippen LogP) is 2.28. The van der Waals surface area contributed by atoms with Gasteiger partial charge in [-0.05, 0) is 25.5 Å². The Labute approximate surface area is 122 Å². The third kappa shape index (κ3) is 4.24. The normalized spacial score (nSPS) is 15.4. The lowest BCUT2D eigenvalue weighted by atomic mass is 10.1. The van der Waals surface area contributed by atoms with Crippen molar-refractivity contribution in [2.24, 2.45) is 0 Å². The van der Waals surface area contributed by atoms with Gasteiger partial charge in [-0.2, -0.15) is 0 Å². The van der Waals surface area contributed by atoms with Gasteiger partial charge >= 0.3 is 0 Å². The number of nitrogens with zero attached hydrogens (tertiary/aromatic N) is 3. The highest BCUT2D eigenvalue weighted by molar-refractivity contribution is 7.98. The summed E-state index contributed by atoms with van der Waals surface area (Å²) in [5.41, 5.74) is 0. The second-order valence-corrected chi connectivity index (χ2v) is 5.52. The van der Waals surface area contributed by atoms with Gasteiger partial charge in [0.25, 0.3) is 0 Å². The van der Waals surface area contributed by atoms with Crippen LogP contribution >= 0.6 is 23.4 Å². The summed E-state index contributed by atoms with van der Waals surface area (Å²) in [5, 5.41) is 4.00. The van der Waals surface area contributed by atoms with Crippen molar-refractivity contribution in [1.29, 1.82) is 0 Å². The van der Waals surface area contributed by atoms with Gasteiger partial charge in [0, 0.05) is 19.2 Å². The molecule has 7 heteroatoms. The van der Waals surface area contributed by atoms with Gasteiger partial charge in [-0.25, -0.2) is 9.97 Å². The third-order valence-electron chi connectivity index (χ3n) is 2.99. The molecule has 1 saturated heterocycles. The molecule has 1 N–H and O–H groups in total. The Bertz CT molecular complexity index is 451. The quantitative estimate of drug-likeness (QED) is 0.525. The number of thioether (sulfide) groups is 1. The van der Waals surface area contributed by atoms with E-state index in [2.05, 4.69) is 15.3 Å². The van der Waals surface area contributed by atoms with Crippen molar-refractivity contribution in [2.75, 3.05) is 31.2 Å². The van der Waals surface area contributed by atoms with Gasteiger partial charge in [-0.1, -0.05) is 23.4 Å². The maximum atomic E-state index is 12.0. The number of likely N-dealkylation sites (tertiary alicyclic amines) is 1. The standard InChI is InChI=1S/C12H17ClN4OS/c1-19-12-15-9(13)7-10(16-12)14-8-11(18)17-5-3-2-4-6-17/h7H,2-6,8H2,1H3,(H,14,15,16). The fourth-order valence-electron chi connectivity index (χ4n) is 2.00. The first kappa shape index (κ1) is 14.4. The van der Waals surface area contributed by atoms with E-state index in [4.69, 9.17) is 11.6 Å². The van der Waals surface area contributed by atoms with E-state index in [1.54, 1.807) is 6.07 Å². The summed E-state index contributed by atoms with van der Waals surface area (Å²) in [5.74, 6) is 0.704. The number of aromatic nitrogens is 2. The molecule has 0 radical (unpaired) electrons. The fraction of sp³-hybridized carbons (Fsp3) is 0.583. The van der Waals surface area contributed by atoms with Crippen LogP contribution in [-0.2, 0) is 4.79 Å². The maximum absolute atomic E-state index is 12.0. The number of amides is 1. The number of hydrogen-bond acceptors (Lipinski definition) is 5. The van der Waals surface area contributed by atoms with Crippen molar-refractivity contribution in [3.05, 3.63) is 11.2 Å². The van der Waals surface area contributed by atoms with Gasteiger partial charge in [0.05, 0.1) is 6.54 Å². The van der Waals surface area contributed by atoms with E-state index in [9.17, 15) is 4.79 Å². The number of anilines is 1. The van der Waals surface area contributed by atoms with Crippen molar-refractivity contribution in [1.82, 2.24) is 14.9 Å². The van der Waals surface area contributed by atoms with Crippen LogP contribution in [0.2, 0.25) is 5.15 Å². The van der Waals surface area contributed by atoms with Crippen LogP contribution in [0.3, 0.4) is 0 Å². The Balaban J connectivity index is 1.90. The largest absolute Gasteiger partial charge is 0.361 e. The topological polar surface area (TPSA) is 58.1 Å². The molecule has 0 bridgehead atoms. The molecule has 1 aromatic rings. The minimum Gasteiger partial charge on any atom is -0.361 e. The molecule has 0 spiro atoms. The average Bonchev–Trinajstić information content (AvgIpc) is 2.45. The smallest absolute Gasteiger partial charge is 0.241 e. The number of piperidine rings is 1. The van der Waals surface area contributed by atoms with Crippen molar-refractivity contribution < 1.29 is 4.79 Å². The highest BCUT2D eigenvalue weighted by Crippen LogP contribution is 2.17. The van der Waals surface area contributed by atoms with Gasteiger partial charge in [0.15, 0.2) is 5.16 Å². The Morgan fingerprint density at radius 1 is 1.42 bits per heavy atom. The lowest BCUT2D eigenvalue weighted by molar-refractivity contribution is -0.130.